The van der Waals surface area contributed by atoms with Gasteiger partial charge in [0.2, 0.25) is 0 Å². The Labute approximate surface area is 135 Å². The molecule has 0 unspecified atom stereocenters. The fourth-order valence-electron chi connectivity index (χ4n) is 2.36. The van der Waals surface area contributed by atoms with Gasteiger partial charge in [0.1, 0.15) is 5.82 Å². The highest BCUT2D eigenvalue weighted by Gasteiger charge is 2.31. The molecule has 0 saturated carbocycles. The van der Waals surface area contributed by atoms with Gasteiger partial charge in [0.05, 0.1) is 22.6 Å². The number of aromatic nitrogens is 2. The molecule has 1 aromatic heterocycles. The van der Waals surface area contributed by atoms with E-state index < -0.39 is 23.7 Å². The first kappa shape index (κ1) is 16.0. The lowest BCUT2D eigenvalue weighted by Crippen LogP contribution is -2.27. The van der Waals surface area contributed by atoms with Crippen LogP contribution >= 0.6 is 0 Å². The molecule has 2 N–H and O–H groups in total. The van der Waals surface area contributed by atoms with E-state index in [0.29, 0.717) is 5.82 Å². The lowest BCUT2D eigenvalue weighted by molar-refractivity contribution is -0.137. The fourth-order valence-corrected chi connectivity index (χ4v) is 2.36. The average Bonchev–Trinajstić information content (AvgIpc) is 2.98. The van der Waals surface area contributed by atoms with Crippen LogP contribution in [-0.2, 0) is 6.18 Å². The third kappa shape index (κ3) is 3.24. The fraction of sp³-hybridized carbons (Fsp3) is 0.176. The van der Waals surface area contributed by atoms with E-state index in [1.54, 1.807) is 6.92 Å². The van der Waals surface area contributed by atoms with Gasteiger partial charge in [0, 0.05) is 5.56 Å². The molecular weight excluding hydrogens is 319 g/mol. The minimum absolute atomic E-state index is 0.0483. The summed E-state index contributed by atoms with van der Waals surface area (Å²) in [5.41, 5.74) is 0.680. The Morgan fingerprint density at radius 1 is 1.17 bits per heavy atom. The van der Waals surface area contributed by atoms with Gasteiger partial charge in [-0.3, -0.25) is 4.79 Å². The van der Waals surface area contributed by atoms with Crippen LogP contribution in [0.2, 0.25) is 0 Å². The Hall–Kier alpha value is -2.83. The number of H-pyrrole nitrogens is 1. The quantitative estimate of drug-likeness (QED) is 0.759. The van der Waals surface area contributed by atoms with Gasteiger partial charge in [0.25, 0.3) is 5.91 Å². The smallest absolute Gasteiger partial charge is 0.342 e. The minimum atomic E-state index is -4.49. The summed E-state index contributed by atoms with van der Waals surface area (Å²) in [5.74, 6) is -0.0504. The first-order valence-electron chi connectivity index (χ1n) is 7.27. The number of fused-ring (bicyclic) bond motifs is 1. The number of nitrogens with one attached hydrogen (secondary N) is 2. The van der Waals surface area contributed by atoms with Crippen molar-refractivity contribution in [1.29, 1.82) is 0 Å². The van der Waals surface area contributed by atoms with Crippen LogP contribution < -0.4 is 5.32 Å². The van der Waals surface area contributed by atoms with Gasteiger partial charge < -0.3 is 10.3 Å². The zero-order chi connectivity index (χ0) is 17.3. The van der Waals surface area contributed by atoms with Crippen LogP contribution in [0.3, 0.4) is 0 Å². The number of carbonyl (C=O) groups is 1. The van der Waals surface area contributed by atoms with Crippen LogP contribution in [-0.4, -0.2) is 15.9 Å². The van der Waals surface area contributed by atoms with Gasteiger partial charge in [-0.25, -0.2) is 4.98 Å². The van der Waals surface area contributed by atoms with Crippen molar-refractivity contribution < 1.29 is 18.0 Å². The molecule has 3 aromatic rings. The number of rotatable bonds is 3. The average molecular weight is 333 g/mol. The van der Waals surface area contributed by atoms with Crippen molar-refractivity contribution in [2.75, 3.05) is 0 Å². The minimum Gasteiger partial charge on any atom is -0.342 e. The third-order valence-corrected chi connectivity index (χ3v) is 3.62. The van der Waals surface area contributed by atoms with Crippen molar-refractivity contribution >= 4 is 16.9 Å². The molecule has 0 bridgehead atoms. The van der Waals surface area contributed by atoms with Crippen molar-refractivity contribution in [3.8, 4) is 0 Å². The van der Waals surface area contributed by atoms with Crippen LogP contribution in [0.15, 0.2) is 48.5 Å². The molecule has 0 aliphatic rings. The highest BCUT2D eigenvalue weighted by atomic mass is 19.4. The maximum atomic E-state index is 12.7. The Bertz CT molecular complexity index is 853. The predicted molar refractivity (Wildman–Crippen MR) is 83.4 cm³/mol. The van der Waals surface area contributed by atoms with Crippen molar-refractivity contribution in [2.45, 2.75) is 19.1 Å². The van der Waals surface area contributed by atoms with Crippen molar-refractivity contribution in [3.05, 3.63) is 65.5 Å². The molecule has 124 valence electrons. The normalized spacial score (nSPS) is 13.0. The number of hydrogen-bond donors (Lipinski definition) is 2. The first-order chi connectivity index (χ1) is 11.3. The van der Waals surface area contributed by atoms with Gasteiger partial charge >= 0.3 is 6.18 Å². The summed E-state index contributed by atoms with van der Waals surface area (Å²) in [6.45, 7) is 1.71. The molecule has 0 spiro atoms. The Kier molecular flexibility index (Phi) is 4.01. The van der Waals surface area contributed by atoms with E-state index in [2.05, 4.69) is 15.3 Å². The lowest BCUT2D eigenvalue weighted by Gasteiger charge is -2.13. The number of imidazole rings is 1. The van der Waals surface area contributed by atoms with E-state index in [-0.39, 0.29) is 5.56 Å². The summed E-state index contributed by atoms with van der Waals surface area (Å²) in [6, 6.07) is 11.2. The first-order valence-corrected chi connectivity index (χ1v) is 7.27. The topological polar surface area (TPSA) is 57.8 Å². The molecule has 0 aliphatic heterocycles. The van der Waals surface area contributed by atoms with Crippen LogP contribution in [0.4, 0.5) is 13.2 Å². The van der Waals surface area contributed by atoms with E-state index in [0.717, 1.165) is 23.2 Å². The Morgan fingerprint density at radius 2 is 1.92 bits per heavy atom. The maximum Gasteiger partial charge on any atom is 0.416 e. The van der Waals surface area contributed by atoms with E-state index in [1.165, 1.54) is 12.1 Å². The maximum absolute atomic E-state index is 12.7. The molecule has 0 aliphatic carbocycles. The largest absolute Gasteiger partial charge is 0.416 e. The van der Waals surface area contributed by atoms with Crippen LogP contribution in [0, 0.1) is 0 Å². The molecule has 1 heterocycles. The second kappa shape index (κ2) is 5.99. The number of hydrogen-bond acceptors (Lipinski definition) is 2. The highest BCUT2D eigenvalue weighted by molar-refractivity contribution is 5.94. The van der Waals surface area contributed by atoms with E-state index in [9.17, 15) is 18.0 Å². The molecule has 4 nitrogen and oxygen atoms in total. The highest BCUT2D eigenvalue weighted by Crippen LogP contribution is 2.29. The monoisotopic (exact) mass is 333 g/mol. The van der Waals surface area contributed by atoms with E-state index in [4.69, 9.17) is 0 Å². The molecule has 1 atom stereocenters. The molecule has 0 fully saturated rings. The molecule has 7 heteroatoms. The van der Waals surface area contributed by atoms with Crippen LogP contribution in [0.5, 0.6) is 0 Å². The SMILES string of the molecule is C[C@@H](NC(=O)c1cccc(C(F)(F)F)c1)c1nc2ccccc2[nH]1. The summed E-state index contributed by atoms with van der Waals surface area (Å²) in [4.78, 5) is 19.7. The predicted octanol–water partition coefficient (Wildman–Crippen LogP) is 4.07. The lowest BCUT2D eigenvalue weighted by atomic mass is 10.1. The van der Waals surface area contributed by atoms with Gasteiger partial charge in [-0.05, 0) is 37.3 Å². The summed E-state index contributed by atoms with van der Waals surface area (Å²) < 4.78 is 38.2. The number of carbonyl (C=O) groups excluding carboxylic acids is 1. The molecule has 1 amide bonds. The van der Waals surface area contributed by atoms with Gasteiger partial charge in [-0.15, -0.1) is 0 Å². The van der Waals surface area contributed by atoms with Crippen LogP contribution in [0.1, 0.15) is 34.7 Å². The van der Waals surface area contributed by atoms with E-state index in [1.807, 2.05) is 24.3 Å². The molecule has 24 heavy (non-hydrogen) atoms. The number of aromatic amines is 1. The number of amides is 1. The second-order valence-electron chi connectivity index (χ2n) is 5.41. The van der Waals surface area contributed by atoms with Crippen molar-refractivity contribution in [3.63, 3.8) is 0 Å². The summed E-state index contributed by atoms with van der Waals surface area (Å²) >= 11 is 0. The zero-order valence-corrected chi connectivity index (χ0v) is 12.7. The standard InChI is InChI=1S/C17H14F3N3O/c1-10(15-22-13-7-2-3-8-14(13)23-15)21-16(24)11-5-4-6-12(9-11)17(18,19)20/h2-10H,1H3,(H,21,24)(H,22,23)/t10-/m1/s1. The number of nitrogens with zero attached hydrogens (tertiary/aromatic N) is 1. The van der Waals surface area contributed by atoms with E-state index >= 15 is 0 Å². The molecule has 0 saturated heterocycles. The third-order valence-electron chi connectivity index (χ3n) is 3.62. The summed E-state index contributed by atoms with van der Waals surface area (Å²) in [6.07, 6.45) is -4.49. The molecular formula is C17H14F3N3O. The summed E-state index contributed by atoms with van der Waals surface area (Å²) in [5, 5.41) is 2.65. The van der Waals surface area contributed by atoms with Gasteiger partial charge in [0.15, 0.2) is 0 Å². The molecule has 0 radical (unpaired) electrons. The molecule has 2 aromatic carbocycles. The van der Waals surface area contributed by atoms with Crippen molar-refractivity contribution in [1.82, 2.24) is 15.3 Å². The number of halogens is 3. The van der Waals surface area contributed by atoms with Crippen molar-refractivity contribution in [2.24, 2.45) is 0 Å². The summed E-state index contributed by atoms with van der Waals surface area (Å²) in [7, 11) is 0. The second-order valence-corrected chi connectivity index (χ2v) is 5.41. The Balaban J connectivity index is 1.79. The zero-order valence-electron chi connectivity index (χ0n) is 12.7. The van der Waals surface area contributed by atoms with Gasteiger partial charge in [-0.1, -0.05) is 18.2 Å². The number of alkyl halides is 3. The number of benzene rings is 2. The van der Waals surface area contributed by atoms with Gasteiger partial charge in [-0.2, -0.15) is 13.2 Å². The number of para-hydroxylation sites is 2. The van der Waals surface area contributed by atoms with Crippen LogP contribution in [0.25, 0.3) is 11.0 Å². The molecule has 3 rings (SSSR count). The Morgan fingerprint density at radius 3 is 2.62 bits per heavy atom.